The summed E-state index contributed by atoms with van der Waals surface area (Å²) in [6.07, 6.45) is 3.44. The maximum Gasteiger partial charge on any atom is 0.171 e. The van der Waals surface area contributed by atoms with Gasteiger partial charge in [0.25, 0.3) is 0 Å². The van der Waals surface area contributed by atoms with Gasteiger partial charge in [0.1, 0.15) is 5.03 Å². The summed E-state index contributed by atoms with van der Waals surface area (Å²) < 4.78 is 0. The van der Waals surface area contributed by atoms with Crippen molar-refractivity contribution < 1.29 is 0 Å². The summed E-state index contributed by atoms with van der Waals surface area (Å²) in [6, 6.07) is 0. The summed E-state index contributed by atoms with van der Waals surface area (Å²) in [5.41, 5.74) is 1.73. The van der Waals surface area contributed by atoms with Crippen molar-refractivity contribution in [2.24, 2.45) is 0 Å². The Labute approximate surface area is 96.5 Å². The van der Waals surface area contributed by atoms with Gasteiger partial charge in [-0.05, 0) is 25.6 Å². The van der Waals surface area contributed by atoms with Gasteiger partial charge in [0.05, 0.1) is 11.4 Å². The summed E-state index contributed by atoms with van der Waals surface area (Å²) in [4.78, 5) is 15.6. The molecule has 2 aromatic rings. The molecule has 15 heavy (non-hydrogen) atoms. The Morgan fingerprint density at radius 2 is 2.00 bits per heavy atom. The molecule has 6 heteroatoms. The number of nitrogens with zero attached hydrogens (tertiary/aromatic N) is 3. The van der Waals surface area contributed by atoms with Crippen LogP contribution in [-0.2, 0) is 0 Å². The van der Waals surface area contributed by atoms with Crippen molar-refractivity contribution in [3.8, 4) is 0 Å². The van der Waals surface area contributed by atoms with E-state index in [1.165, 1.54) is 11.8 Å². The Morgan fingerprint density at radius 3 is 2.67 bits per heavy atom. The van der Waals surface area contributed by atoms with E-state index in [0.29, 0.717) is 10.2 Å². The van der Waals surface area contributed by atoms with Gasteiger partial charge >= 0.3 is 0 Å². The smallest absolute Gasteiger partial charge is 0.171 e. The number of hydrogen-bond acceptors (Lipinski definition) is 4. The minimum absolute atomic E-state index is 0.416. The van der Waals surface area contributed by atoms with Gasteiger partial charge in [-0.3, -0.25) is 0 Å². The third-order valence-electron chi connectivity index (χ3n) is 1.90. The number of halogens is 1. The van der Waals surface area contributed by atoms with Crippen molar-refractivity contribution in [2.75, 3.05) is 0 Å². The van der Waals surface area contributed by atoms with Crippen LogP contribution in [0, 0.1) is 13.8 Å². The quantitative estimate of drug-likeness (QED) is 0.877. The number of hydrogen-bond donors (Lipinski definition) is 1. The maximum absolute atomic E-state index is 5.98. The van der Waals surface area contributed by atoms with Crippen molar-refractivity contribution in [3.63, 3.8) is 0 Å². The van der Waals surface area contributed by atoms with E-state index in [1.54, 1.807) is 12.4 Å². The van der Waals surface area contributed by atoms with Crippen LogP contribution in [0.5, 0.6) is 0 Å². The highest BCUT2D eigenvalue weighted by atomic mass is 35.5. The molecular formula is C9H9ClN4S. The Hall–Kier alpha value is -1.07. The van der Waals surface area contributed by atoms with Gasteiger partial charge in [-0.25, -0.2) is 15.0 Å². The normalized spacial score (nSPS) is 10.6. The van der Waals surface area contributed by atoms with Gasteiger partial charge in [-0.15, -0.1) is 0 Å². The first kappa shape index (κ1) is 10.4. The lowest BCUT2D eigenvalue weighted by Crippen LogP contribution is -1.95. The lowest BCUT2D eigenvalue weighted by atomic mass is 10.4. The van der Waals surface area contributed by atoms with E-state index in [-0.39, 0.29) is 0 Å². The SMILES string of the molecule is Cc1nc(Cl)c(Sc2ncc[nH]2)nc1C. The second-order valence-corrected chi connectivity index (χ2v) is 4.32. The Bertz CT molecular complexity index is 469. The van der Waals surface area contributed by atoms with Gasteiger partial charge in [-0.2, -0.15) is 0 Å². The predicted molar refractivity (Wildman–Crippen MR) is 59.2 cm³/mol. The van der Waals surface area contributed by atoms with E-state index in [4.69, 9.17) is 11.6 Å². The Morgan fingerprint density at radius 1 is 1.27 bits per heavy atom. The number of aromatic nitrogens is 4. The summed E-state index contributed by atoms with van der Waals surface area (Å²) in [6.45, 7) is 3.79. The topological polar surface area (TPSA) is 54.5 Å². The first-order valence-electron chi connectivity index (χ1n) is 4.35. The molecule has 2 heterocycles. The second-order valence-electron chi connectivity index (χ2n) is 2.99. The molecule has 0 unspecified atom stereocenters. The standard InChI is InChI=1S/C9H9ClN4S/c1-5-6(2)14-8(7(10)13-5)15-9-11-3-4-12-9/h3-4H,1-2H3,(H,11,12). The monoisotopic (exact) mass is 240 g/mol. The minimum Gasteiger partial charge on any atom is -0.339 e. The van der Waals surface area contributed by atoms with E-state index in [9.17, 15) is 0 Å². The molecule has 0 radical (unpaired) electrons. The molecule has 0 atom stereocenters. The minimum atomic E-state index is 0.416. The van der Waals surface area contributed by atoms with E-state index in [0.717, 1.165) is 16.5 Å². The predicted octanol–water partition coefficient (Wildman–Crippen LogP) is 2.62. The number of aromatic amines is 1. The average molecular weight is 241 g/mol. The van der Waals surface area contributed by atoms with E-state index in [1.807, 2.05) is 13.8 Å². The summed E-state index contributed by atoms with van der Waals surface area (Å²) in [7, 11) is 0. The lowest BCUT2D eigenvalue weighted by Gasteiger charge is -2.03. The van der Waals surface area contributed by atoms with E-state index in [2.05, 4.69) is 19.9 Å². The van der Waals surface area contributed by atoms with Crippen LogP contribution in [0.1, 0.15) is 11.4 Å². The largest absolute Gasteiger partial charge is 0.339 e. The lowest BCUT2D eigenvalue weighted by molar-refractivity contribution is 0.949. The van der Waals surface area contributed by atoms with Crippen molar-refractivity contribution in [1.29, 1.82) is 0 Å². The molecule has 0 saturated carbocycles. The highest BCUT2D eigenvalue weighted by molar-refractivity contribution is 7.99. The summed E-state index contributed by atoms with van der Waals surface area (Å²) in [5.74, 6) is 0. The fourth-order valence-corrected chi connectivity index (χ4v) is 2.04. The summed E-state index contributed by atoms with van der Waals surface area (Å²) >= 11 is 7.35. The zero-order valence-electron chi connectivity index (χ0n) is 8.28. The fraction of sp³-hybridized carbons (Fsp3) is 0.222. The number of imidazole rings is 1. The van der Waals surface area contributed by atoms with Crippen LogP contribution in [0.25, 0.3) is 0 Å². The van der Waals surface area contributed by atoms with Crippen LogP contribution >= 0.6 is 23.4 Å². The number of aryl methyl sites for hydroxylation is 2. The molecule has 1 N–H and O–H groups in total. The van der Waals surface area contributed by atoms with Crippen molar-refractivity contribution in [3.05, 3.63) is 28.9 Å². The first-order chi connectivity index (χ1) is 7.16. The molecule has 0 bridgehead atoms. The third kappa shape index (κ3) is 2.30. The van der Waals surface area contributed by atoms with Gasteiger partial charge in [0.2, 0.25) is 0 Å². The fourth-order valence-electron chi connectivity index (χ4n) is 1.02. The molecule has 78 valence electrons. The molecular weight excluding hydrogens is 232 g/mol. The Balaban J connectivity index is 2.33. The molecule has 0 aliphatic rings. The van der Waals surface area contributed by atoms with Crippen molar-refractivity contribution >= 4 is 23.4 Å². The zero-order valence-corrected chi connectivity index (χ0v) is 9.85. The molecule has 0 spiro atoms. The number of rotatable bonds is 2. The molecule has 2 rings (SSSR count). The summed E-state index contributed by atoms with van der Waals surface area (Å²) in [5, 5.41) is 1.85. The van der Waals surface area contributed by atoms with Crippen LogP contribution in [0.2, 0.25) is 5.15 Å². The molecule has 0 aromatic carbocycles. The van der Waals surface area contributed by atoms with Crippen LogP contribution in [0.15, 0.2) is 22.6 Å². The van der Waals surface area contributed by atoms with Crippen LogP contribution < -0.4 is 0 Å². The molecule has 0 amide bonds. The number of nitrogens with one attached hydrogen (secondary N) is 1. The number of H-pyrrole nitrogens is 1. The van der Waals surface area contributed by atoms with Gasteiger partial charge in [0.15, 0.2) is 10.3 Å². The molecule has 2 aromatic heterocycles. The van der Waals surface area contributed by atoms with Crippen LogP contribution in [0.3, 0.4) is 0 Å². The van der Waals surface area contributed by atoms with E-state index < -0.39 is 0 Å². The second kappa shape index (κ2) is 4.20. The van der Waals surface area contributed by atoms with Gasteiger partial charge in [0, 0.05) is 12.4 Å². The van der Waals surface area contributed by atoms with E-state index >= 15 is 0 Å². The average Bonchev–Trinajstić information content (AvgIpc) is 2.67. The molecule has 0 aliphatic heterocycles. The highest BCUT2D eigenvalue weighted by Gasteiger charge is 2.09. The third-order valence-corrected chi connectivity index (χ3v) is 3.17. The first-order valence-corrected chi connectivity index (χ1v) is 5.54. The van der Waals surface area contributed by atoms with Crippen LogP contribution in [-0.4, -0.2) is 19.9 Å². The molecule has 4 nitrogen and oxygen atoms in total. The van der Waals surface area contributed by atoms with Crippen molar-refractivity contribution in [2.45, 2.75) is 24.0 Å². The van der Waals surface area contributed by atoms with Crippen LogP contribution in [0.4, 0.5) is 0 Å². The molecule has 0 saturated heterocycles. The van der Waals surface area contributed by atoms with Gasteiger partial charge in [-0.1, -0.05) is 11.6 Å². The maximum atomic E-state index is 5.98. The zero-order chi connectivity index (χ0) is 10.8. The Kier molecular flexibility index (Phi) is 2.93. The van der Waals surface area contributed by atoms with Crippen molar-refractivity contribution in [1.82, 2.24) is 19.9 Å². The molecule has 0 aliphatic carbocycles. The highest BCUT2D eigenvalue weighted by Crippen LogP contribution is 2.28. The molecule has 0 fully saturated rings. The van der Waals surface area contributed by atoms with Gasteiger partial charge < -0.3 is 4.98 Å².